The maximum Gasteiger partial charge on any atom is 0.312 e. The second kappa shape index (κ2) is 5.95. The van der Waals surface area contributed by atoms with Gasteiger partial charge < -0.3 is 16.4 Å². The maximum absolute atomic E-state index is 10.4. The average molecular weight is 213 g/mol. The quantitative estimate of drug-likeness (QED) is 0.611. The van der Waals surface area contributed by atoms with E-state index >= 15 is 0 Å². The number of hydrogen-bond donors (Lipinski definition) is 3. The first-order chi connectivity index (χ1) is 7.09. The van der Waals surface area contributed by atoms with Crippen molar-refractivity contribution in [2.24, 2.45) is 17.6 Å². The Labute approximate surface area is 92.0 Å². The van der Waals surface area contributed by atoms with Gasteiger partial charge in [-0.05, 0) is 31.1 Å². The lowest BCUT2D eigenvalue weighted by Gasteiger charge is -2.32. The number of amides is 2. The van der Waals surface area contributed by atoms with E-state index in [0.29, 0.717) is 12.6 Å². The molecule has 0 radical (unpaired) electrons. The van der Waals surface area contributed by atoms with Crippen molar-refractivity contribution in [3.05, 3.63) is 0 Å². The molecule has 88 valence electrons. The molecule has 0 aromatic heterocycles. The summed E-state index contributed by atoms with van der Waals surface area (Å²) in [6.07, 6.45) is 3.81. The van der Waals surface area contributed by atoms with Crippen molar-refractivity contribution in [2.45, 2.75) is 39.2 Å². The lowest BCUT2D eigenvalue weighted by Crippen LogP contribution is -2.41. The maximum atomic E-state index is 10.4. The predicted molar refractivity (Wildman–Crippen MR) is 61.6 cm³/mol. The highest BCUT2D eigenvalue weighted by molar-refractivity contribution is 5.71. The highest BCUT2D eigenvalue weighted by Gasteiger charge is 2.23. The molecule has 1 rings (SSSR count). The molecule has 1 fully saturated rings. The largest absolute Gasteiger partial charge is 0.352 e. The predicted octanol–water partition coefficient (Wildman–Crippen LogP) is 1.07. The summed E-state index contributed by atoms with van der Waals surface area (Å²) in [7, 11) is 0. The molecule has 2 amide bonds. The summed E-state index contributed by atoms with van der Waals surface area (Å²) >= 11 is 0. The Kier molecular flexibility index (Phi) is 4.88. The monoisotopic (exact) mass is 213 g/mol. The zero-order valence-corrected chi connectivity index (χ0v) is 9.75. The summed E-state index contributed by atoms with van der Waals surface area (Å²) < 4.78 is 0. The van der Waals surface area contributed by atoms with Crippen LogP contribution in [0.1, 0.15) is 33.1 Å². The third-order valence-corrected chi connectivity index (χ3v) is 3.46. The third-order valence-electron chi connectivity index (χ3n) is 3.46. The first-order valence-corrected chi connectivity index (χ1v) is 5.86. The summed E-state index contributed by atoms with van der Waals surface area (Å²) in [6, 6.07) is 0.174. The number of nitrogens with one attached hydrogen (secondary N) is 2. The second-order valence-electron chi connectivity index (χ2n) is 4.71. The Morgan fingerprint density at radius 3 is 2.60 bits per heavy atom. The normalized spacial score (nSPS) is 31.2. The molecule has 15 heavy (non-hydrogen) atoms. The van der Waals surface area contributed by atoms with Gasteiger partial charge >= 0.3 is 6.03 Å². The zero-order valence-electron chi connectivity index (χ0n) is 9.75. The zero-order chi connectivity index (χ0) is 11.3. The van der Waals surface area contributed by atoms with Crippen molar-refractivity contribution in [1.82, 2.24) is 10.6 Å². The van der Waals surface area contributed by atoms with Crippen LogP contribution in [-0.4, -0.2) is 25.2 Å². The van der Waals surface area contributed by atoms with Gasteiger partial charge in [0, 0.05) is 19.1 Å². The molecule has 4 N–H and O–H groups in total. The van der Waals surface area contributed by atoms with Crippen LogP contribution in [0.4, 0.5) is 4.79 Å². The van der Waals surface area contributed by atoms with Crippen LogP contribution in [0.5, 0.6) is 0 Å². The standard InChI is InChI=1S/C11H23N3O/c1-8-3-4-10(7-9(8)2)13-5-6-14-11(12)15/h8-10,13H,3-7H2,1-2H3,(H3,12,14,15). The molecule has 0 aromatic rings. The molecule has 0 heterocycles. The number of carbonyl (C=O) groups is 1. The minimum atomic E-state index is -0.442. The molecule has 1 saturated carbocycles. The van der Waals surface area contributed by atoms with Gasteiger partial charge in [0.15, 0.2) is 0 Å². The van der Waals surface area contributed by atoms with Crippen LogP contribution in [0.2, 0.25) is 0 Å². The van der Waals surface area contributed by atoms with E-state index < -0.39 is 6.03 Å². The van der Waals surface area contributed by atoms with E-state index in [2.05, 4.69) is 24.5 Å². The first kappa shape index (κ1) is 12.3. The molecule has 0 saturated heterocycles. The van der Waals surface area contributed by atoms with Gasteiger partial charge in [-0.15, -0.1) is 0 Å². The molecule has 0 aliphatic heterocycles. The van der Waals surface area contributed by atoms with Gasteiger partial charge in [0.2, 0.25) is 0 Å². The van der Waals surface area contributed by atoms with Crippen molar-refractivity contribution >= 4 is 6.03 Å². The molecular weight excluding hydrogens is 190 g/mol. The van der Waals surface area contributed by atoms with Gasteiger partial charge in [-0.25, -0.2) is 4.79 Å². The topological polar surface area (TPSA) is 67.2 Å². The highest BCUT2D eigenvalue weighted by Crippen LogP contribution is 2.28. The molecule has 0 bridgehead atoms. The van der Waals surface area contributed by atoms with Gasteiger partial charge in [-0.2, -0.15) is 0 Å². The van der Waals surface area contributed by atoms with E-state index in [4.69, 9.17) is 5.73 Å². The van der Waals surface area contributed by atoms with Crippen LogP contribution in [0.15, 0.2) is 0 Å². The molecule has 0 aromatic carbocycles. The van der Waals surface area contributed by atoms with Crippen LogP contribution < -0.4 is 16.4 Å². The fraction of sp³-hybridized carbons (Fsp3) is 0.909. The lowest BCUT2D eigenvalue weighted by molar-refractivity contribution is 0.226. The van der Waals surface area contributed by atoms with E-state index in [9.17, 15) is 4.79 Å². The molecule has 1 aliphatic rings. The molecule has 3 unspecified atom stereocenters. The molecule has 0 spiro atoms. The highest BCUT2D eigenvalue weighted by atomic mass is 16.2. The fourth-order valence-electron chi connectivity index (χ4n) is 2.19. The number of carbonyl (C=O) groups excluding carboxylic acids is 1. The van der Waals surface area contributed by atoms with Crippen LogP contribution in [0.3, 0.4) is 0 Å². The van der Waals surface area contributed by atoms with Crippen molar-refractivity contribution in [1.29, 1.82) is 0 Å². The van der Waals surface area contributed by atoms with E-state index in [1.54, 1.807) is 0 Å². The van der Waals surface area contributed by atoms with Crippen molar-refractivity contribution in [3.8, 4) is 0 Å². The van der Waals surface area contributed by atoms with Crippen molar-refractivity contribution in [3.63, 3.8) is 0 Å². The van der Waals surface area contributed by atoms with E-state index in [1.807, 2.05) is 0 Å². The SMILES string of the molecule is CC1CCC(NCCNC(N)=O)CC1C. The summed E-state index contributed by atoms with van der Waals surface area (Å²) in [4.78, 5) is 10.4. The van der Waals surface area contributed by atoms with Crippen molar-refractivity contribution < 1.29 is 4.79 Å². The van der Waals surface area contributed by atoms with Crippen molar-refractivity contribution in [2.75, 3.05) is 13.1 Å². The minimum Gasteiger partial charge on any atom is -0.352 e. The van der Waals surface area contributed by atoms with E-state index in [0.717, 1.165) is 18.4 Å². The Hall–Kier alpha value is -0.770. The van der Waals surface area contributed by atoms with Gasteiger partial charge in [-0.3, -0.25) is 0 Å². The molecule has 4 heteroatoms. The van der Waals surface area contributed by atoms with Gasteiger partial charge in [0.05, 0.1) is 0 Å². The summed E-state index contributed by atoms with van der Waals surface area (Å²) in [5.41, 5.74) is 4.97. The number of urea groups is 1. The average Bonchev–Trinajstić information content (AvgIpc) is 2.18. The number of rotatable bonds is 4. The summed E-state index contributed by atoms with van der Waals surface area (Å²) in [5.74, 6) is 1.66. The Balaban J connectivity index is 2.09. The van der Waals surface area contributed by atoms with E-state index in [-0.39, 0.29) is 0 Å². The van der Waals surface area contributed by atoms with Crippen LogP contribution >= 0.6 is 0 Å². The smallest absolute Gasteiger partial charge is 0.312 e. The Morgan fingerprint density at radius 1 is 1.27 bits per heavy atom. The van der Waals surface area contributed by atoms with Crippen LogP contribution in [0, 0.1) is 11.8 Å². The van der Waals surface area contributed by atoms with Gasteiger partial charge in [0.25, 0.3) is 0 Å². The third kappa shape index (κ3) is 4.51. The second-order valence-corrected chi connectivity index (χ2v) is 4.71. The summed E-state index contributed by atoms with van der Waals surface area (Å²) in [6.45, 7) is 6.08. The number of primary amides is 1. The number of nitrogens with two attached hydrogens (primary N) is 1. The van der Waals surface area contributed by atoms with E-state index in [1.165, 1.54) is 19.3 Å². The minimum absolute atomic E-state index is 0.442. The molecule has 1 aliphatic carbocycles. The van der Waals surface area contributed by atoms with Gasteiger partial charge in [-0.1, -0.05) is 13.8 Å². The van der Waals surface area contributed by atoms with Crippen LogP contribution in [-0.2, 0) is 0 Å². The Morgan fingerprint density at radius 2 is 2.00 bits per heavy atom. The summed E-state index contributed by atoms with van der Waals surface area (Å²) in [5, 5.41) is 6.04. The fourth-order valence-corrected chi connectivity index (χ4v) is 2.19. The molecule has 4 nitrogen and oxygen atoms in total. The number of hydrogen-bond acceptors (Lipinski definition) is 2. The first-order valence-electron chi connectivity index (χ1n) is 5.86. The van der Waals surface area contributed by atoms with Gasteiger partial charge in [0.1, 0.15) is 0 Å². The molecule has 3 atom stereocenters. The van der Waals surface area contributed by atoms with Crippen LogP contribution in [0.25, 0.3) is 0 Å². The molecular formula is C11H23N3O. The Bertz CT molecular complexity index is 208. The lowest BCUT2D eigenvalue weighted by atomic mass is 9.79.